The van der Waals surface area contributed by atoms with E-state index in [9.17, 15) is 14.4 Å². The normalized spacial score (nSPS) is 12.5. The summed E-state index contributed by atoms with van der Waals surface area (Å²) in [5.74, 6) is -1.88. The molecule has 6 nitrogen and oxygen atoms in total. The standard InChI is InChI=1S/C16H30N2O4/c1-11(2)16(22)13(10-15(20)21)18-14(19)8-6-5-7-9-17-12(3)4/h11-13,17H,5-10H2,1-4H3,(H,18,19)(H,20,21). The van der Waals surface area contributed by atoms with Crippen LogP contribution in [0.25, 0.3) is 0 Å². The van der Waals surface area contributed by atoms with Crippen LogP contribution in [0.15, 0.2) is 0 Å². The highest BCUT2D eigenvalue weighted by Crippen LogP contribution is 2.06. The summed E-state index contributed by atoms with van der Waals surface area (Å²) in [4.78, 5) is 34.5. The lowest BCUT2D eigenvalue weighted by molar-refractivity contribution is -0.140. The lowest BCUT2D eigenvalue weighted by Gasteiger charge is -2.17. The van der Waals surface area contributed by atoms with E-state index in [2.05, 4.69) is 24.5 Å². The van der Waals surface area contributed by atoms with Gasteiger partial charge in [0.15, 0.2) is 5.78 Å². The fourth-order valence-corrected chi connectivity index (χ4v) is 2.04. The summed E-state index contributed by atoms with van der Waals surface area (Å²) < 4.78 is 0. The molecule has 0 aromatic carbocycles. The summed E-state index contributed by atoms with van der Waals surface area (Å²) in [6.45, 7) is 8.49. The van der Waals surface area contributed by atoms with Gasteiger partial charge in [0.05, 0.1) is 12.5 Å². The third-order valence-corrected chi connectivity index (χ3v) is 3.26. The zero-order valence-electron chi connectivity index (χ0n) is 14.1. The van der Waals surface area contributed by atoms with Crippen LogP contribution in [0, 0.1) is 5.92 Å². The third kappa shape index (κ3) is 10.3. The van der Waals surface area contributed by atoms with E-state index >= 15 is 0 Å². The molecular formula is C16H30N2O4. The molecule has 0 spiro atoms. The van der Waals surface area contributed by atoms with E-state index in [1.165, 1.54) is 0 Å². The second-order valence-electron chi connectivity index (χ2n) is 6.19. The van der Waals surface area contributed by atoms with Crippen molar-refractivity contribution in [3.05, 3.63) is 0 Å². The Morgan fingerprint density at radius 3 is 2.14 bits per heavy atom. The van der Waals surface area contributed by atoms with Crippen molar-refractivity contribution in [2.24, 2.45) is 5.92 Å². The molecule has 1 atom stereocenters. The maximum Gasteiger partial charge on any atom is 0.305 e. The number of hydrogen-bond donors (Lipinski definition) is 3. The summed E-state index contributed by atoms with van der Waals surface area (Å²) in [6.07, 6.45) is 2.62. The molecule has 0 fully saturated rings. The van der Waals surface area contributed by atoms with Gasteiger partial charge in [-0.1, -0.05) is 34.1 Å². The maximum atomic E-state index is 11.9. The molecule has 0 aliphatic rings. The van der Waals surface area contributed by atoms with Gasteiger partial charge in [-0.2, -0.15) is 0 Å². The summed E-state index contributed by atoms with van der Waals surface area (Å²) in [7, 11) is 0. The van der Waals surface area contributed by atoms with E-state index in [0.717, 1.165) is 25.8 Å². The number of amides is 1. The number of ketones is 1. The summed E-state index contributed by atoms with van der Waals surface area (Å²) in [5.41, 5.74) is 0. The molecule has 0 heterocycles. The molecule has 22 heavy (non-hydrogen) atoms. The average Bonchev–Trinajstić information content (AvgIpc) is 2.40. The average molecular weight is 314 g/mol. The first-order valence-electron chi connectivity index (χ1n) is 8.02. The van der Waals surface area contributed by atoms with Gasteiger partial charge in [0.1, 0.15) is 0 Å². The van der Waals surface area contributed by atoms with Gasteiger partial charge < -0.3 is 15.7 Å². The minimum absolute atomic E-state index is 0.239. The molecule has 3 N–H and O–H groups in total. The Morgan fingerprint density at radius 1 is 1.00 bits per heavy atom. The molecule has 0 radical (unpaired) electrons. The van der Waals surface area contributed by atoms with E-state index in [-0.39, 0.29) is 24.0 Å². The monoisotopic (exact) mass is 314 g/mol. The largest absolute Gasteiger partial charge is 0.481 e. The van der Waals surface area contributed by atoms with Crippen molar-refractivity contribution in [1.29, 1.82) is 0 Å². The highest BCUT2D eigenvalue weighted by Gasteiger charge is 2.25. The number of carboxylic acid groups (broad SMARTS) is 1. The first kappa shape index (κ1) is 20.6. The zero-order chi connectivity index (χ0) is 17.1. The van der Waals surface area contributed by atoms with Crippen LogP contribution in [0.3, 0.4) is 0 Å². The molecule has 6 heteroatoms. The first-order chi connectivity index (χ1) is 10.2. The third-order valence-electron chi connectivity index (χ3n) is 3.26. The van der Waals surface area contributed by atoms with Crippen LogP contribution in [0.5, 0.6) is 0 Å². The summed E-state index contributed by atoms with van der Waals surface area (Å²) in [5, 5.41) is 14.7. The van der Waals surface area contributed by atoms with Crippen molar-refractivity contribution in [2.45, 2.75) is 71.9 Å². The van der Waals surface area contributed by atoms with E-state index in [1.807, 2.05) is 0 Å². The Hall–Kier alpha value is -1.43. The summed E-state index contributed by atoms with van der Waals surface area (Å²) in [6, 6.07) is -0.463. The molecule has 0 aliphatic carbocycles. The van der Waals surface area contributed by atoms with Crippen LogP contribution in [0.2, 0.25) is 0 Å². The van der Waals surface area contributed by atoms with E-state index in [0.29, 0.717) is 12.5 Å². The molecular weight excluding hydrogens is 284 g/mol. The predicted molar refractivity (Wildman–Crippen MR) is 85.6 cm³/mol. The molecule has 1 amide bonds. The van der Waals surface area contributed by atoms with Gasteiger partial charge in [0, 0.05) is 18.4 Å². The van der Waals surface area contributed by atoms with Gasteiger partial charge in [-0.15, -0.1) is 0 Å². The number of carbonyl (C=O) groups is 3. The first-order valence-corrected chi connectivity index (χ1v) is 8.02. The maximum absolute atomic E-state index is 11.9. The van der Waals surface area contributed by atoms with Gasteiger partial charge in [0.25, 0.3) is 0 Å². The number of rotatable bonds is 12. The molecule has 0 rings (SSSR count). The van der Waals surface area contributed by atoms with Crippen molar-refractivity contribution in [3.8, 4) is 0 Å². The van der Waals surface area contributed by atoms with Gasteiger partial charge in [0.2, 0.25) is 5.91 Å². The number of hydrogen-bond acceptors (Lipinski definition) is 4. The Labute approximate surface area is 133 Å². The molecule has 0 aliphatic heterocycles. The Balaban J connectivity index is 4.07. The van der Waals surface area contributed by atoms with Crippen LogP contribution in [-0.2, 0) is 14.4 Å². The van der Waals surface area contributed by atoms with E-state index < -0.39 is 12.0 Å². The molecule has 0 aromatic heterocycles. The SMILES string of the molecule is CC(C)NCCCCCC(=O)NC(CC(=O)O)C(=O)C(C)C. The topological polar surface area (TPSA) is 95.5 Å². The molecule has 0 bridgehead atoms. The quantitative estimate of drug-likeness (QED) is 0.477. The van der Waals surface area contributed by atoms with Crippen LogP contribution >= 0.6 is 0 Å². The highest BCUT2D eigenvalue weighted by atomic mass is 16.4. The van der Waals surface area contributed by atoms with Crippen molar-refractivity contribution < 1.29 is 19.5 Å². The molecule has 0 saturated heterocycles. The lowest BCUT2D eigenvalue weighted by Crippen LogP contribution is -2.44. The van der Waals surface area contributed by atoms with Crippen LogP contribution in [0.1, 0.15) is 59.8 Å². The van der Waals surface area contributed by atoms with Gasteiger partial charge in [-0.05, 0) is 19.4 Å². The number of aliphatic carboxylic acids is 1. The molecule has 128 valence electrons. The smallest absolute Gasteiger partial charge is 0.305 e. The second-order valence-corrected chi connectivity index (χ2v) is 6.19. The van der Waals surface area contributed by atoms with Crippen molar-refractivity contribution >= 4 is 17.7 Å². The van der Waals surface area contributed by atoms with Crippen LogP contribution in [-0.4, -0.2) is 41.4 Å². The van der Waals surface area contributed by atoms with Gasteiger partial charge in [-0.3, -0.25) is 14.4 Å². The van der Waals surface area contributed by atoms with Gasteiger partial charge in [-0.25, -0.2) is 0 Å². The summed E-state index contributed by atoms with van der Waals surface area (Å²) >= 11 is 0. The minimum atomic E-state index is -1.08. The molecule has 1 unspecified atom stereocenters. The number of carbonyl (C=O) groups excluding carboxylic acids is 2. The Bertz CT molecular complexity index is 367. The molecule has 0 saturated carbocycles. The van der Waals surface area contributed by atoms with Crippen LogP contribution in [0.4, 0.5) is 0 Å². The number of nitrogens with one attached hydrogen (secondary N) is 2. The fourth-order valence-electron chi connectivity index (χ4n) is 2.04. The zero-order valence-corrected chi connectivity index (χ0v) is 14.1. The minimum Gasteiger partial charge on any atom is -0.481 e. The van der Waals surface area contributed by atoms with Crippen LogP contribution < -0.4 is 10.6 Å². The predicted octanol–water partition coefficient (Wildman–Crippen LogP) is 1.73. The Morgan fingerprint density at radius 2 is 1.64 bits per heavy atom. The van der Waals surface area contributed by atoms with Crippen molar-refractivity contribution in [3.63, 3.8) is 0 Å². The number of unbranched alkanes of at least 4 members (excludes halogenated alkanes) is 2. The van der Waals surface area contributed by atoms with E-state index in [4.69, 9.17) is 5.11 Å². The van der Waals surface area contributed by atoms with E-state index in [1.54, 1.807) is 13.8 Å². The highest BCUT2D eigenvalue weighted by molar-refractivity contribution is 5.92. The fraction of sp³-hybridized carbons (Fsp3) is 0.812. The van der Waals surface area contributed by atoms with Gasteiger partial charge >= 0.3 is 5.97 Å². The number of Topliss-reactive ketones (excluding diaryl/α,β-unsaturated/α-hetero) is 1. The second kappa shape index (κ2) is 11.2. The molecule has 0 aromatic rings. The Kier molecular flexibility index (Phi) is 10.5. The van der Waals surface area contributed by atoms with Crippen molar-refractivity contribution in [2.75, 3.05) is 6.54 Å². The lowest BCUT2D eigenvalue weighted by atomic mass is 9.99. The number of carboxylic acids is 1. The van der Waals surface area contributed by atoms with Crippen molar-refractivity contribution in [1.82, 2.24) is 10.6 Å².